The standard InChI is InChI=1S/C19H34O3/c1-2-3-4-5-15-6-10-17(11-7-15)19(21)22-18-12-8-16(14-20)9-13-18/h14-19,21H,2-13H2,1H3. The van der Waals surface area contributed by atoms with E-state index < -0.39 is 6.29 Å². The Labute approximate surface area is 135 Å². The summed E-state index contributed by atoms with van der Waals surface area (Å²) in [6, 6.07) is 0. The number of carbonyl (C=O) groups excluding carboxylic acids is 1. The summed E-state index contributed by atoms with van der Waals surface area (Å²) in [6.07, 6.45) is 14.5. The molecule has 3 heteroatoms. The number of carbonyl (C=O) groups is 1. The van der Waals surface area contributed by atoms with Gasteiger partial charge in [0, 0.05) is 11.8 Å². The van der Waals surface area contributed by atoms with Crippen molar-refractivity contribution in [2.45, 2.75) is 96.4 Å². The molecule has 2 rings (SSSR count). The lowest BCUT2D eigenvalue weighted by atomic mass is 9.79. The fraction of sp³-hybridized carbons (Fsp3) is 0.947. The quantitative estimate of drug-likeness (QED) is 0.409. The summed E-state index contributed by atoms with van der Waals surface area (Å²) in [6.45, 7) is 2.26. The lowest BCUT2D eigenvalue weighted by molar-refractivity contribution is -0.180. The van der Waals surface area contributed by atoms with Gasteiger partial charge in [0.05, 0.1) is 6.10 Å². The monoisotopic (exact) mass is 310 g/mol. The maximum Gasteiger partial charge on any atom is 0.157 e. The third-order valence-electron chi connectivity index (χ3n) is 5.75. The van der Waals surface area contributed by atoms with Gasteiger partial charge in [0.15, 0.2) is 6.29 Å². The molecule has 128 valence electrons. The molecular formula is C19H34O3. The van der Waals surface area contributed by atoms with Crippen molar-refractivity contribution in [2.24, 2.45) is 17.8 Å². The second kappa shape index (κ2) is 9.67. The molecular weight excluding hydrogens is 276 g/mol. The molecule has 0 aromatic rings. The molecule has 22 heavy (non-hydrogen) atoms. The van der Waals surface area contributed by atoms with Crippen LogP contribution in [0.25, 0.3) is 0 Å². The van der Waals surface area contributed by atoms with Gasteiger partial charge >= 0.3 is 0 Å². The van der Waals surface area contributed by atoms with Gasteiger partial charge in [-0.1, -0.05) is 32.6 Å². The topological polar surface area (TPSA) is 46.5 Å². The van der Waals surface area contributed by atoms with E-state index in [0.29, 0.717) is 5.92 Å². The molecule has 1 atom stereocenters. The number of aliphatic hydroxyl groups is 1. The first-order chi connectivity index (χ1) is 10.7. The highest BCUT2D eigenvalue weighted by atomic mass is 16.6. The van der Waals surface area contributed by atoms with E-state index in [1.165, 1.54) is 38.5 Å². The predicted octanol–water partition coefficient (Wildman–Crippen LogP) is 4.47. The van der Waals surface area contributed by atoms with Gasteiger partial charge in [-0.15, -0.1) is 0 Å². The van der Waals surface area contributed by atoms with E-state index in [1.807, 2.05) is 0 Å². The van der Waals surface area contributed by atoms with Crippen LogP contribution in [0.2, 0.25) is 0 Å². The second-order valence-corrected chi connectivity index (χ2v) is 7.48. The minimum atomic E-state index is -0.589. The van der Waals surface area contributed by atoms with Gasteiger partial charge in [0.2, 0.25) is 0 Å². The largest absolute Gasteiger partial charge is 0.368 e. The summed E-state index contributed by atoms with van der Waals surface area (Å²) in [5.74, 6) is 1.42. The van der Waals surface area contributed by atoms with Crippen molar-refractivity contribution in [3.05, 3.63) is 0 Å². The summed E-state index contributed by atoms with van der Waals surface area (Å²) >= 11 is 0. The predicted molar refractivity (Wildman–Crippen MR) is 88.5 cm³/mol. The molecule has 0 bridgehead atoms. The molecule has 0 radical (unpaired) electrons. The fourth-order valence-corrected chi connectivity index (χ4v) is 4.11. The summed E-state index contributed by atoms with van der Waals surface area (Å²) in [4.78, 5) is 10.8. The van der Waals surface area contributed by atoms with Gasteiger partial charge in [-0.3, -0.25) is 0 Å². The Morgan fingerprint density at radius 3 is 2.32 bits per heavy atom. The molecule has 0 saturated heterocycles. The highest BCUT2D eigenvalue weighted by Crippen LogP contribution is 2.35. The van der Waals surface area contributed by atoms with Crippen molar-refractivity contribution in [3.63, 3.8) is 0 Å². The first-order valence-corrected chi connectivity index (χ1v) is 9.51. The Balaban J connectivity index is 1.63. The van der Waals surface area contributed by atoms with Crippen LogP contribution in [0, 0.1) is 17.8 Å². The molecule has 2 aliphatic rings. The molecule has 0 spiro atoms. The minimum absolute atomic E-state index is 0.161. The Morgan fingerprint density at radius 2 is 1.73 bits per heavy atom. The number of hydrogen-bond acceptors (Lipinski definition) is 3. The number of unbranched alkanes of at least 4 members (excludes halogenated alkanes) is 2. The molecule has 2 aliphatic carbocycles. The highest BCUT2D eigenvalue weighted by molar-refractivity contribution is 5.53. The minimum Gasteiger partial charge on any atom is -0.368 e. The van der Waals surface area contributed by atoms with E-state index >= 15 is 0 Å². The maximum atomic E-state index is 10.8. The van der Waals surface area contributed by atoms with E-state index in [0.717, 1.165) is 50.7 Å². The van der Waals surface area contributed by atoms with Crippen LogP contribution in [0.3, 0.4) is 0 Å². The maximum absolute atomic E-state index is 10.8. The molecule has 0 amide bonds. The first kappa shape index (κ1) is 17.9. The molecule has 1 N–H and O–H groups in total. The average Bonchev–Trinajstić information content (AvgIpc) is 2.56. The summed E-state index contributed by atoms with van der Waals surface area (Å²) in [5, 5.41) is 10.4. The van der Waals surface area contributed by atoms with Crippen LogP contribution in [0.4, 0.5) is 0 Å². The van der Waals surface area contributed by atoms with E-state index in [4.69, 9.17) is 4.74 Å². The molecule has 1 unspecified atom stereocenters. The third-order valence-corrected chi connectivity index (χ3v) is 5.75. The van der Waals surface area contributed by atoms with Crippen molar-refractivity contribution in [3.8, 4) is 0 Å². The average molecular weight is 310 g/mol. The van der Waals surface area contributed by atoms with E-state index in [-0.39, 0.29) is 12.0 Å². The van der Waals surface area contributed by atoms with Crippen LogP contribution in [-0.4, -0.2) is 23.8 Å². The zero-order valence-corrected chi connectivity index (χ0v) is 14.2. The van der Waals surface area contributed by atoms with Crippen molar-refractivity contribution in [1.82, 2.24) is 0 Å². The Kier molecular flexibility index (Phi) is 7.88. The second-order valence-electron chi connectivity index (χ2n) is 7.48. The number of aldehydes is 1. The smallest absolute Gasteiger partial charge is 0.157 e. The van der Waals surface area contributed by atoms with Crippen molar-refractivity contribution < 1.29 is 14.6 Å². The summed E-state index contributed by atoms with van der Waals surface area (Å²) in [5.41, 5.74) is 0. The molecule has 3 nitrogen and oxygen atoms in total. The van der Waals surface area contributed by atoms with E-state index in [9.17, 15) is 9.90 Å². The van der Waals surface area contributed by atoms with E-state index in [1.54, 1.807) is 0 Å². The van der Waals surface area contributed by atoms with Gasteiger partial charge in [0.25, 0.3) is 0 Å². The van der Waals surface area contributed by atoms with Crippen LogP contribution in [0.1, 0.15) is 84.0 Å². The Bertz CT molecular complexity index is 302. The number of ether oxygens (including phenoxy) is 1. The molecule has 0 aliphatic heterocycles. The first-order valence-electron chi connectivity index (χ1n) is 9.51. The van der Waals surface area contributed by atoms with Crippen LogP contribution in [-0.2, 0) is 9.53 Å². The Hall–Kier alpha value is -0.410. The van der Waals surface area contributed by atoms with Gasteiger partial charge < -0.3 is 14.6 Å². The summed E-state index contributed by atoms with van der Waals surface area (Å²) < 4.78 is 5.90. The summed E-state index contributed by atoms with van der Waals surface area (Å²) in [7, 11) is 0. The lowest BCUT2D eigenvalue weighted by Crippen LogP contribution is -2.33. The van der Waals surface area contributed by atoms with Crippen LogP contribution in [0.5, 0.6) is 0 Å². The molecule has 2 fully saturated rings. The van der Waals surface area contributed by atoms with Crippen LogP contribution < -0.4 is 0 Å². The van der Waals surface area contributed by atoms with Crippen LogP contribution >= 0.6 is 0 Å². The van der Waals surface area contributed by atoms with Crippen molar-refractivity contribution in [2.75, 3.05) is 0 Å². The molecule has 0 aromatic heterocycles. The normalized spacial score (nSPS) is 34.3. The molecule has 0 aromatic carbocycles. The van der Waals surface area contributed by atoms with Gasteiger partial charge in [-0.05, 0) is 57.3 Å². The Morgan fingerprint density at radius 1 is 1.05 bits per heavy atom. The number of aliphatic hydroxyl groups excluding tert-OH is 1. The SMILES string of the molecule is CCCCCC1CCC(C(O)OC2CCC(C=O)CC2)CC1. The van der Waals surface area contributed by atoms with Crippen molar-refractivity contribution in [1.29, 1.82) is 0 Å². The molecule has 2 saturated carbocycles. The van der Waals surface area contributed by atoms with E-state index in [2.05, 4.69) is 6.92 Å². The zero-order valence-electron chi connectivity index (χ0n) is 14.2. The zero-order chi connectivity index (χ0) is 15.8. The molecule has 0 heterocycles. The van der Waals surface area contributed by atoms with Gasteiger partial charge in [-0.2, -0.15) is 0 Å². The number of rotatable bonds is 8. The van der Waals surface area contributed by atoms with Crippen molar-refractivity contribution >= 4 is 6.29 Å². The lowest BCUT2D eigenvalue weighted by Gasteiger charge is -2.34. The third kappa shape index (κ3) is 5.66. The van der Waals surface area contributed by atoms with Gasteiger partial charge in [-0.25, -0.2) is 0 Å². The highest BCUT2D eigenvalue weighted by Gasteiger charge is 2.30. The van der Waals surface area contributed by atoms with Gasteiger partial charge in [0.1, 0.15) is 6.29 Å². The van der Waals surface area contributed by atoms with Crippen LogP contribution in [0.15, 0.2) is 0 Å². The number of hydrogen-bond donors (Lipinski definition) is 1. The fourth-order valence-electron chi connectivity index (χ4n) is 4.11.